The molecule has 2 unspecified atom stereocenters. The third-order valence-corrected chi connectivity index (χ3v) is 11.0. The Morgan fingerprint density at radius 1 is 0.551 bits per heavy atom. The van der Waals surface area contributed by atoms with Crippen molar-refractivity contribution in [3.8, 4) is 0 Å². The van der Waals surface area contributed by atoms with Crippen molar-refractivity contribution in [1.29, 1.82) is 0 Å². The maximum atomic E-state index is 12.2. The maximum Gasteiger partial charge on any atom is 0.411 e. The van der Waals surface area contributed by atoms with Crippen LogP contribution in [-0.2, 0) is 15.9 Å². The summed E-state index contributed by atoms with van der Waals surface area (Å²) in [7, 11) is 3.28. The molecule has 49 heavy (non-hydrogen) atoms. The van der Waals surface area contributed by atoms with E-state index < -0.39 is 12.2 Å². The van der Waals surface area contributed by atoms with Gasteiger partial charge in [0.05, 0.1) is 13.2 Å². The lowest BCUT2D eigenvalue weighted by Crippen LogP contribution is -2.14. The molecule has 0 saturated heterocycles. The number of hydrogen-bond acceptors (Lipinski definition) is 8. The molecule has 0 fully saturated rings. The van der Waals surface area contributed by atoms with Gasteiger partial charge in [0.25, 0.3) is 0 Å². The molecule has 10 heteroatoms. The predicted octanol–water partition coefficient (Wildman–Crippen LogP) is 13.0. The molecule has 0 bridgehead atoms. The summed E-state index contributed by atoms with van der Waals surface area (Å²) < 4.78 is 10.7. The van der Waals surface area contributed by atoms with Gasteiger partial charge in [-0.2, -0.15) is 0 Å². The Morgan fingerprint density at radius 3 is 1.22 bits per heavy atom. The molecule has 2 rings (SSSR count). The van der Waals surface area contributed by atoms with Gasteiger partial charge < -0.3 is 9.47 Å². The summed E-state index contributed by atoms with van der Waals surface area (Å²) >= 11 is 8.47. The van der Waals surface area contributed by atoms with Crippen molar-refractivity contribution in [2.45, 2.75) is 123 Å². The Bertz CT molecular complexity index is 1030. The van der Waals surface area contributed by atoms with Gasteiger partial charge in [-0.1, -0.05) is 137 Å². The molecule has 0 aliphatic carbocycles. The summed E-state index contributed by atoms with van der Waals surface area (Å²) in [6, 6.07) is 15.6. The van der Waals surface area contributed by atoms with E-state index in [-0.39, 0.29) is 0 Å². The Labute approximate surface area is 315 Å². The highest BCUT2D eigenvalue weighted by Gasteiger charge is 2.07. The smallest absolute Gasteiger partial charge is 0.411 e. The zero-order valence-electron chi connectivity index (χ0n) is 30.0. The molecule has 6 nitrogen and oxygen atoms in total. The van der Waals surface area contributed by atoms with Crippen LogP contribution in [-0.4, -0.2) is 36.9 Å². The second kappa shape index (κ2) is 29.0. The second-order valence-electron chi connectivity index (χ2n) is 13.4. The lowest BCUT2D eigenvalue weighted by molar-refractivity contribution is 0.158. The average molecular weight is 751 g/mol. The zero-order valence-corrected chi connectivity index (χ0v) is 33.4. The van der Waals surface area contributed by atoms with Gasteiger partial charge in [0, 0.05) is 22.9 Å². The highest BCUT2D eigenvalue weighted by Crippen LogP contribution is 2.20. The van der Waals surface area contributed by atoms with E-state index in [1.807, 2.05) is 48.5 Å². The van der Waals surface area contributed by atoms with Crippen LogP contribution in [0.5, 0.6) is 0 Å². The quantitative estimate of drug-likeness (QED) is 0.0394. The first kappa shape index (κ1) is 43.5. The Balaban J connectivity index is 1.50. The van der Waals surface area contributed by atoms with E-state index in [1.165, 1.54) is 77.0 Å². The normalized spacial score (nSPS) is 12.3. The molecule has 0 spiro atoms. The van der Waals surface area contributed by atoms with Gasteiger partial charge in [0.2, 0.25) is 0 Å². The molecule has 0 aliphatic rings. The van der Waals surface area contributed by atoms with Crippen LogP contribution in [0.15, 0.2) is 48.5 Å². The van der Waals surface area contributed by atoms with E-state index in [9.17, 15) is 9.59 Å². The standard InChI is InChI=1S/C39H62N2O4S4/c1-32(30-48-46)17-13-9-5-3-7-11-15-27-44-38(42)40-36-23-19-34(20-24-36)29-35-21-25-37(26-22-35)41-39(43)45-28-16-12-8-4-6-10-14-18-33(2)31-49-47/h19-26,32-33,46-47H,3-18,27-31H2,1-2H3,(H,40,42)(H,41,43). The van der Waals surface area contributed by atoms with Crippen molar-refractivity contribution >= 4 is 68.5 Å². The SMILES string of the molecule is CC(CCCCCCCCCOC(=O)Nc1ccc(Cc2ccc(NC(=O)OCCCCCCCCCC(C)CSS)cc2)cc1)CSS. The van der Waals surface area contributed by atoms with Gasteiger partial charge in [-0.3, -0.25) is 10.6 Å². The summed E-state index contributed by atoms with van der Waals surface area (Å²) in [4.78, 5) is 24.4. The van der Waals surface area contributed by atoms with Gasteiger partial charge >= 0.3 is 12.2 Å². The summed E-state index contributed by atoms with van der Waals surface area (Å²) in [5, 5.41) is 5.64. The van der Waals surface area contributed by atoms with Crippen LogP contribution in [0, 0.1) is 11.8 Å². The molecule has 276 valence electrons. The van der Waals surface area contributed by atoms with E-state index in [0.29, 0.717) is 24.6 Å². The minimum absolute atomic E-state index is 0.408. The number of ether oxygens (including phenoxy) is 2. The first-order chi connectivity index (χ1) is 23.9. The topological polar surface area (TPSA) is 76.7 Å². The largest absolute Gasteiger partial charge is 0.449 e. The second-order valence-corrected chi connectivity index (χ2v) is 16.2. The third kappa shape index (κ3) is 23.5. The Morgan fingerprint density at radius 2 is 0.878 bits per heavy atom. The van der Waals surface area contributed by atoms with Crippen LogP contribution in [0.4, 0.5) is 21.0 Å². The average Bonchev–Trinajstić information content (AvgIpc) is 3.08. The number of amides is 2. The molecule has 0 heterocycles. The van der Waals surface area contributed by atoms with Gasteiger partial charge in [-0.05, 0) is 79.3 Å². The molecular formula is C39H62N2O4S4. The number of nitrogens with one attached hydrogen (secondary N) is 2. The van der Waals surface area contributed by atoms with Gasteiger partial charge in [-0.25, -0.2) is 9.59 Å². The summed E-state index contributed by atoms with van der Waals surface area (Å²) in [6.07, 6.45) is 19.2. The van der Waals surface area contributed by atoms with E-state index in [0.717, 1.165) is 66.6 Å². The van der Waals surface area contributed by atoms with Crippen LogP contribution >= 0.6 is 44.9 Å². The highest BCUT2D eigenvalue weighted by molar-refractivity contribution is 8.68. The fourth-order valence-electron chi connectivity index (χ4n) is 5.66. The fourth-order valence-corrected chi connectivity index (χ4v) is 8.03. The van der Waals surface area contributed by atoms with Crippen molar-refractivity contribution in [2.75, 3.05) is 35.4 Å². The molecule has 0 saturated carbocycles. The molecule has 2 aromatic rings. The molecular weight excluding hydrogens is 689 g/mol. The molecule has 2 aromatic carbocycles. The molecule has 0 aliphatic heterocycles. The molecule has 2 atom stereocenters. The number of carbonyl (C=O) groups excluding carboxylic acids is 2. The van der Waals surface area contributed by atoms with E-state index in [1.54, 1.807) is 21.6 Å². The van der Waals surface area contributed by atoms with Gasteiger partial charge in [-0.15, -0.1) is 23.3 Å². The molecule has 0 radical (unpaired) electrons. The number of benzene rings is 2. The molecule has 2 amide bonds. The molecule has 0 aromatic heterocycles. The monoisotopic (exact) mass is 750 g/mol. The predicted molar refractivity (Wildman–Crippen MR) is 221 cm³/mol. The number of anilines is 2. The minimum atomic E-state index is -0.408. The zero-order chi connectivity index (χ0) is 35.4. The van der Waals surface area contributed by atoms with Crippen LogP contribution in [0.2, 0.25) is 0 Å². The fraction of sp³-hybridized carbons (Fsp3) is 0.641. The number of hydrogen-bond donors (Lipinski definition) is 4. The number of rotatable bonds is 28. The summed E-state index contributed by atoms with van der Waals surface area (Å²) in [5.41, 5.74) is 3.69. The van der Waals surface area contributed by atoms with Crippen molar-refractivity contribution in [1.82, 2.24) is 0 Å². The van der Waals surface area contributed by atoms with Crippen LogP contribution in [0.3, 0.4) is 0 Å². The third-order valence-electron chi connectivity index (χ3n) is 8.68. The van der Waals surface area contributed by atoms with Crippen molar-refractivity contribution in [3.63, 3.8) is 0 Å². The van der Waals surface area contributed by atoms with E-state index >= 15 is 0 Å². The van der Waals surface area contributed by atoms with Crippen LogP contribution in [0.25, 0.3) is 0 Å². The first-order valence-electron chi connectivity index (χ1n) is 18.5. The van der Waals surface area contributed by atoms with Gasteiger partial charge in [0.15, 0.2) is 0 Å². The minimum Gasteiger partial charge on any atom is -0.449 e. The van der Waals surface area contributed by atoms with Crippen molar-refractivity contribution in [3.05, 3.63) is 59.7 Å². The van der Waals surface area contributed by atoms with E-state index in [4.69, 9.17) is 9.47 Å². The van der Waals surface area contributed by atoms with Crippen molar-refractivity contribution in [2.24, 2.45) is 11.8 Å². The maximum absolute atomic E-state index is 12.2. The number of thiol groups is 2. The number of carbonyl (C=O) groups is 2. The Kier molecular flexibility index (Phi) is 25.8. The highest BCUT2D eigenvalue weighted by atomic mass is 33.1. The summed E-state index contributed by atoms with van der Waals surface area (Å²) in [5.74, 6) is 3.78. The Hall–Kier alpha value is -1.62. The van der Waals surface area contributed by atoms with Crippen molar-refractivity contribution < 1.29 is 19.1 Å². The molecule has 2 N–H and O–H groups in total. The van der Waals surface area contributed by atoms with Crippen LogP contribution < -0.4 is 10.6 Å². The van der Waals surface area contributed by atoms with Crippen LogP contribution in [0.1, 0.15) is 128 Å². The lowest BCUT2D eigenvalue weighted by Gasteiger charge is -2.10. The number of unbranched alkanes of at least 4 members (excludes halogenated alkanes) is 12. The van der Waals surface area contributed by atoms with E-state index in [2.05, 4.69) is 47.8 Å². The summed E-state index contributed by atoms with van der Waals surface area (Å²) in [6.45, 7) is 5.50. The van der Waals surface area contributed by atoms with Gasteiger partial charge in [0.1, 0.15) is 0 Å². The lowest BCUT2D eigenvalue weighted by atomic mass is 10.0. The first-order valence-corrected chi connectivity index (χ1v) is 22.5.